The van der Waals surface area contributed by atoms with Gasteiger partial charge in [0.15, 0.2) is 11.5 Å². The molecule has 0 atom stereocenters. The molecule has 5 heteroatoms. The summed E-state index contributed by atoms with van der Waals surface area (Å²) in [5, 5.41) is 2.00. The molecule has 0 aliphatic heterocycles. The summed E-state index contributed by atoms with van der Waals surface area (Å²) in [7, 11) is 0. The van der Waals surface area contributed by atoms with Crippen LogP contribution >= 0.6 is 0 Å². The topological polar surface area (TPSA) is 55.4 Å². The molecule has 5 nitrogen and oxygen atoms in total. The molecule has 0 aliphatic carbocycles. The molecule has 0 N–H and O–H groups in total. The molecule has 3 heterocycles. The fraction of sp³-hybridized carbons (Fsp3) is 0.0244. The van der Waals surface area contributed by atoms with Gasteiger partial charge in [-0.3, -0.25) is 4.40 Å². The summed E-state index contributed by atoms with van der Waals surface area (Å²) in [6.07, 6.45) is 0. The van der Waals surface area contributed by atoms with E-state index in [4.69, 9.17) is 19.9 Å². The molecule has 46 heavy (non-hydrogen) atoms. The van der Waals surface area contributed by atoms with Crippen LogP contribution in [0.2, 0.25) is 0 Å². The lowest BCUT2D eigenvalue weighted by Crippen LogP contribution is -2.05. The summed E-state index contributed by atoms with van der Waals surface area (Å²) in [6.45, 7) is 6.63. The Morgan fingerprint density at radius 2 is 1.11 bits per heavy atom. The molecule has 0 spiro atoms. The molecular formula is C41H29N5. The number of allylic oxidation sites excluding steroid dienone is 1. The van der Waals surface area contributed by atoms with Crippen molar-refractivity contribution in [2.45, 2.75) is 6.92 Å². The van der Waals surface area contributed by atoms with Crippen LogP contribution in [-0.2, 0) is 0 Å². The molecular weight excluding hydrogens is 562 g/mol. The van der Waals surface area contributed by atoms with Crippen LogP contribution in [0.4, 0.5) is 5.69 Å². The first-order valence-corrected chi connectivity index (χ1v) is 15.3. The van der Waals surface area contributed by atoms with Crippen LogP contribution in [0.1, 0.15) is 16.8 Å². The van der Waals surface area contributed by atoms with Gasteiger partial charge in [-0.2, -0.15) is 0 Å². The second kappa shape index (κ2) is 11.4. The van der Waals surface area contributed by atoms with Gasteiger partial charge in [-0.1, -0.05) is 152 Å². The molecule has 0 fully saturated rings. The Kier molecular flexibility index (Phi) is 6.77. The van der Waals surface area contributed by atoms with Crippen molar-refractivity contribution in [1.82, 2.24) is 19.4 Å². The standard InChI is InChI=1S/C41H29N5/c1-27(29-17-7-3-8-18-29)35(30-19-9-4-10-20-30)42-36-28(2)46-40(34-26-16-15-25-33(34)36)44-38-37(31-21-11-5-12-22-31)43-39(45-41(38)46)32-23-13-6-14-24-32/h3-26H,1H2,2H3. The zero-order chi connectivity index (χ0) is 31.0. The van der Waals surface area contributed by atoms with Crippen molar-refractivity contribution in [2.75, 3.05) is 0 Å². The molecule has 3 aromatic heterocycles. The van der Waals surface area contributed by atoms with Crippen LogP contribution in [0.15, 0.2) is 157 Å². The molecule has 0 bridgehead atoms. The number of pyridine rings is 1. The van der Waals surface area contributed by atoms with Crippen LogP contribution in [0.3, 0.4) is 0 Å². The van der Waals surface area contributed by atoms with E-state index in [9.17, 15) is 0 Å². The Hall–Kier alpha value is -6.20. The maximum Gasteiger partial charge on any atom is 0.169 e. The van der Waals surface area contributed by atoms with Gasteiger partial charge in [0.25, 0.3) is 0 Å². The lowest BCUT2D eigenvalue weighted by molar-refractivity contribution is 1.10. The minimum absolute atomic E-state index is 0.647. The van der Waals surface area contributed by atoms with Gasteiger partial charge in [0, 0.05) is 38.7 Å². The Labute approximate surface area is 266 Å². The van der Waals surface area contributed by atoms with Gasteiger partial charge in [0.05, 0.1) is 11.4 Å². The number of hydrogen-bond donors (Lipinski definition) is 0. The van der Waals surface area contributed by atoms with E-state index in [2.05, 4.69) is 72.5 Å². The fourth-order valence-electron chi connectivity index (χ4n) is 6.09. The number of fused-ring (bicyclic) bond motifs is 5. The maximum absolute atomic E-state index is 5.46. The zero-order valence-corrected chi connectivity index (χ0v) is 25.3. The monoisotopic (exact) mass is 591 g/mol. The van der Waals surface area contributed by atoms with Crippen molar-refractivity contribution >= 4 is 44.6 Å². The Morgan fingerprint density at radius 3 is 1.76 bits per heavy atom. The summed E-state index contributed by atoms with van der Waals surface area (Å²) in [5.74, 6) is 0.647. The number of rotatable bonds is 6. The third-order valence-corrected chi connectivity index (χ3v) is 8.37. The smallest absolute Gasteiger partial charge is 0.169 e. The van der Waals surface area contributed by atoms with Gasteiger partial charge in [-0.15, -0.1) is 0 Å². The number of aryl methyl sites for hydroxylation is 1. The van der Waals surface area contributed by atoms with Gasteiger partial charge in [0.1, 0.15) is 16.9 Å². The lowest BCUT2D eigenvalue weighted by Gasteiger charge is -2.15. The average Bonchev–Trinajstić information content (AvgIpc) is 3.53. The van der Waals surface area contributed by atoms with E-state index in [-0.39, 0.29) is 0 Å². The van der Waals surface area contributed by atoms with E-state index in [1.165, 1.54) is 0 Å². The molecule has 218 valence electrons. The SMILES string of the molecule is C=C(C(=Nc1c(C)n2c3nc(-c4ccccc4)nc(-c4ccccc4)c3nc2c2ccccc12)c1ccccc1)c1ccccc1. The first kappa shape index (κ1) is 27.4. The van der Waals surface area contributed by atoms with Gasteiger partial charge >= 0.3 is 0 Å². The molecule has 5 aromatic carbocycles. The average molecular weight is 592 g/mol. The highest BCUT2D eigenvalue weighted by molar-refractivity contribution is 6.32. The van der Waals surface area contributed by atoms with Crippen LogP contribution in [0.25, 0.3) is 55.8 Å². The molecule has 0 radical (unpaired) electrons. The number of imidazole rings is 1. The highest BCUT2D eigenvalue weighted by atomic mass is 15.1. The van der Waals surface area contributed by atoms with Crippen molar-refractivity contribution in [3.05, 3.63) is 169 Å². The first-order valence-electron chi connectivity index (χ1n) is 15.3. The fourth-order valence-corrected chi connectivity index (χ4v) is 6.09. The Balaban J connectivity index is 1.48. The third-order valence-electron chi connectivity index (χ3n) is 8.37. The maximum atomic E-state index is 5.46. The molecule has 8 rings (SSSR count). The van der Waals surface area contributed by atoms with E-state index in [0.29, 0.717) is 5.82 Å². The largest absolute Gasteiger partial charge is 0.278 e. The van der Waals surface area contributed by atoms with E-state index < -0.39 is 0 Å². The van der Waals surface area contributed by atoms with Gasteiger partial charge in [0.2, 0.25) is 0 Å². The summed E-state index contributed by atoms with van der Waals surface area (Å²) in [4.78, 5) is 21.0. The minimum atomic E-state index is 0.647. The van der Waals surface area contributed by atoms with Crippen molar-refractivity contribution < 1.29 is 0 Å². The van der Waals surface area contributed by atoms with Crippen molar-refractivity contribution in [3.8, 4) is 22.6 Å². The van der Waals surface area contributed by atoms with E-state index in [0.717, 1.165) is 78.2 Å². The Morgan fingerprint density at radius 1 is 0.565 bits per heavy atom. The molecule has 0 unspecified atom stereocenters. The van der Waals surface area contributed by atoms with Crippen molar-refractivity contribution in [2.24, 2.45) is 4.99 Å². The lowest BCUT2D eigenvalue weighted by atomic mass is 9.97. The normalized spacial score (nSPS) is 11.8. The second-order valence-electron chi connectivity index (χ2n) is 11.2. The predicted octanol–water partition coefficient (Wildman–Crippen LogP) is 9.91. The molecule has 0 aliphatic rings. The number of nitrogens with zero attached hydrogens (tertiary/aromatic N) is 5. The first-order chi connectivity index (χ1) is 22.7. The van der Waals surface area contributed by atoms with Crippen molar-refractivity contribution in [3.63, 3.8) is 0 Å². The minimum Gasteiger partial charge on any atom is -0.278 e. The van der Waals surface area contributed by atoms with Crippen LogP contribution < -0.4 is 0 Å². The summed E-state index contributed by atoms with van der Waals surface area (Å²) < 4.78 is 2.14. The highest BCUT2D eigenvalue weighted by Gasteiger charge is 2.22. The number of aliphatic imine (C=N–C) groups is 1. The van der Waals surface area contributed by atoms with Gasteiger partial charge in [-0.25, -0.2) is 19.9 Å². The highest BCUT2D eigenvalue weighted by Crippen LogP contribution is 2.38. The Bertz CT molecular complexity index is 2410. The molecule has 8 aromatic rings. The van der Waals surface area contributed by atoms with Crippen LogP contribution in [-0.4, -0.2) is 25.1 Å². The van der Waals surface area contributed by atoms with E-state index >= 15 is 0 Å². The van der Waals surface area contributed by atoms with E-state index in [1.54, 1.807) is 0 Å². The summed E-state index contributed by atoms with van der Waals surface area (Å²) >= 11 is 0. The van der Waals surface area contributed by atoms with Gasteiger partial charge in [-0.05, 0) is 12.5 Å². The summed E-state index contributed by atoms with van der Waals surface area (Å²) in [5.41, 5.74) is 10.5. The zero-order valence-electron chi connectivity index (χ0n) is 25.3. The second-order valence-corrected chi connectivity index (χ2v) is 11.2. The third kappa shape index (κ3) is 4.66. The number of aromatic nitrogens is 4. The molecule has 0 saturated heterocycles. The quantitative estimate of drug-likeness (QED) is 0.181. The number of benzene rings is 5. The number of hydrogen-bond acceptors (Lipinski definition) is 4. The summed E-state index contributed by atoms with van der Waals surface area (Å²) in [6, 6.07) is 49.1. The van der Waals surface area contributed by atoms with Crippen molar-refractivity contribution in [1.29, 1.82) is 0 Å². The van der Waals surface area contributed by atoms with Crippen LogP contribution in [0, 0.1) is 6.92 Å². The van der Waals surface area contributed by atoms with E-state index in [1.807, 2.05) is 91.0 Å². The molecule has 0 amide bonds. The molecule has 0 saturated carbocycles. The van der Waals surface area contributed by atoms with Crippen LogP contribution in [0.5, 0.6) is 0 Å². The van der Waals surface area contributed by atoms with Gasteiger partial charge < -0.3 is 0 Å². The predicted molar refractivity (Wildman–Crippen MR) is 190 cm³/mol.